The van der Waals surface area contributed by atoms with E-state index >= 15 is 0 Å². The maximum absolute atomic E-state index is 11.6. The van der Waals surface area contributed by atoms with Gasteiger partial charge in [-0.25, -0.2) is 0 Å². The lowest BCUT2D eigenvalue weighted by molar-refractivity contribution is -0.152. The Morgan fingerprint density at radius 1 is 1.35 bits per heavy atom. The van der Waals surface area contributed by atoms with Crippen LogP contribution >= 0.6 is 0 Å². The number of nitrogens with zero attached hydrogens (tertiary/aromatic N) is 1. The summed E-state index contributed by atoms with van der Waals surface area (Å²) in [4.78, 5) is 14.0. The first-order valence-corrected chi connectivity index (χ1v) is 6.64. The van der Waals surface area contributed by atoms with E-state index in [4.69, 9.17) is 4.74 Å². The summed E-state index contributed by atoms with van der Waals surface area (Å²) in [5.74, 6) is -0.110. The van der Waals surface area contributed by atoms with Crippen LogP contribution in [0.3, 0.4) is 0 Å². The van der Waals surface area contributed by atoms with Crippen molar-refractivity contribution in [3.8, 4) is 0 Å². The summed E-state index contributed by atoms with van der Waals surface area (Å²) >= 11 is 0. The van der Waals surface area contributed by atoms with Crippen LogP contribution in [0.15, 0.2) is 0 Å². The van der Waals surface area contributed by atoms with Gasteiger partial charge in [-0.1, -0.05) is 20.3 Å². The molecule has 1 fully saturated rings. The van der Waals surface area contributed by atoms with Gasteiger partial charge in [0, 0.05) is 6.54 Å². The van der Waals surface area contributed by atoms with Gasteiger partial charge >= 0.3 is 5.97 Å². The third-order valence-corrected chi connectivity index (χ3v) is 4.27. The van der Waals surface area contributed by atoms with Crippen LogP contribution < -0.4 is 0 Å². The van der Waals surface area contributed by atoms with Gasteiger partial charge in [-0.2, -0.15) is 0 Å². The lowest BCUT2D eigenvalue weighted by Gasteiger charge is -2.41. The van der Waals surface area contributed by atoms with E-state index < -0.39 is 5.41 Å². The molecule has 0 atom stereocenters. The van der Waals surface area contributed by atoms with Gasteiger partial charge in [-0.05, 0) is 45.2 Å². The van der Waals surface area contributed by atoms with Crippen molar-refractivity contribution in [3.05, 3.63) is 0 Å². The first-order valence-electron chi connectivity index (χ1n) is 6.64. The molecule has 0 aromatic carbocycles. The lowest BCUT2D eigenvalue weighted by Crippen LogP contribution is -2.45. The van der Waals surface area contributed by atoms with Crippen molar-refractivity contribution in [2.45, 2.75) is 47.0 Å². The van der Waals surface area contributed by atoms with Gasteiger partial charge < -0.3 is 9.64 Å². The molecule has 0 aromatic rings. The quantitative estimate of drug-likeness (QED) is 0.709. The van der Waals surface area contributed by atoms with Crippen molar-refractivity contribution in [3.63, 3.8) is 0 Å². The Balaban J connectivity index is 2.48. The fourth-order valence-electron chi connectivity index (χ4n) is 2.50. The van der Waals surface area contributed by atoms with Crippen molar-refractivity contribution < 1.29 is 9.53 Å². The van der Waals surface area contributed by atoms with E-state index in [-0.39, 0.29) is 5.97 Å². The number of piperidine rings is 1. The molecule has 0 N–H and O–H groups in total. The molecule has 0 aliphatic carbocycles. The Hall–Kier alpha value is -0.570. The number of likely N-dealkylation sites (tertiary alicyclic amines) is 1. The minimum absolute atomic E-state index is 0.110. The number of hydrogen-bond donors (Lipinski definition) is 0. The van der Waals surface area contributed by atoms with Crippen molar-refractivity contribution in [2.24, 2.45) is 10.8 Å². The Bertz CT molecular complexity index is 265. The largest absolute Gasteiger partial charge is 0.469 e. The fraction of sp³-hybridized carbons (Fsp3) is 0.929. The average Bonchev–Trinajstić information content (AvgIpc) is 2.31. The number of ether oxygens (including phenoxy) is 1. The second-order valence-corrected chi connectivity index (χ2v) is 6.32. The average molecular weight is 241 g/mol. The van der Waals surface area contributed by atoms with Crippen molar-refractivity contribution >= 4 is 5.97 Å². The van der Waals surface area contributed by atoms with E-state index in [0.717, 1.165) is 19.6 Å². The van der Waals surface area contributed by atoms with Crippen LogP contribution in [-0.2, 0) is 9.53 Å². The maximum atomic E-state index is 11.6. The van der Waals surface area contributed by atoms with Gasteiger partial charge in [0.1, 0.15) is 0 Å². The van der Waals surface area contributed by atoms with E-state index in [0.29, 0.717) is 5.41 Å². The van der Waals surface area contributed by atoms with Gasteiger partial charge in [-0.3, -0.25) is 4.79 Å². The molecular formula is C14H27NO2. The molecule has 100 valence electrons. The van der Waals surface area contributed by atoms with Crippen LogP contribution in [0.2, 0.25) is 0 Å². The highest BCUT2D eigenvalue weighted by molar-refractivity contribution is 5.76. The molecule has 3 heteroatoms. The van der Waals surface area contributed by atoms with Crippen LogP contribution in [-0.4, -0.2) is 37.6 Å². The van der Waals surface area contributed by atoms with E-state index in [1.807, 2.05) is 13.8 Å². The van der Waals surface area contributed by atoms with Gasteiger partial charge in [0.15, 0.2) is 0 Å². The van der Waals surface area contributed by atoms with Crippen LogP contribution in [0.5, 0.6) is 0 Å². The molecule has 0 bridgehead atoms. The molecule has 0 saturated carbocycles. The van der Waals surface area contributed by atoms with Gasteiger partial charge in [-0.15, -0.1) is 0 Å². The van der Waals surface area contributed by atoms with E-state index in [2.05, 4.69) is 18.7 Å². The monoisotopic (exact) mass is 241 g/mol. The number of carbonyl (C=O) groups is 1. The summed E-state index contributed by atoms with van der Waals surface area (Å²) in [5.41, 5.74) is 0.112. The zero-order valence-electron chi connectivity index (χ0n) is 12.0. The Labute approximate surface area is 106 Å². The molecule has 1 aliphatic rings. The molecule has 1 saturated heterocycles. The number of carbonyl (C=O) groups excluding carboxylic acids is 1. The van der Waals surface area contributed by atoms with E-state index in [9.17, 15) is 4.79 Å². The Morgan fingerprint density at radius 2 is 1.88 bits per heavy atom. The van der Waals surface area contributed by atoms with Crippen LogP contribution in [0.4, 0.5) is 0 Å². The normalized spacial score (nSPS) is 21.2. The predicted molar refractivity (Wildman–Crippen MR) is 69.9 cm³/mol. The molecule has 17 heavy (non-hydrogen) atoms. The second-order valence-electron chi connectivity index (χ2n) is 6.32. The number of esters is 1. The Kier molecular flexibility index (Phi) is 4.59. The molecule has 0 radical (unpaired) electrons. The summed E-state index contributed by atoms with van der Waals surface area (Å²) in [6.07, 6.45) is 3.72. The molecule has 1 heterocycles. The van der Waals surface area contributed by atoms with Crippen molar-refractivity contribution in [1.82, 2.24) is 4.90 Å². The van der Waals surface area contributed by atoms with E-state index in [1.54, 1.807) is 0 Å². The SMILES string of the molecule is CCC1(C)CCN(CC(C)(C)C(=O)OC)CC1. The molecule has 3 nitrogen and oxygen atoms in total. The Morgan fingerprint density at radius 3 is 2.29 bits per heavy atom. The van der Waals surface area contributed by atoms with Gasteiger partial charge in [0.05, 0.1) is 12.5 Å². The molecular weight excluding hydrogens is 214 g/mol. The van der Waals surface area contributed by atoms with Crippen molar-refractivity contribution in [2.75, 3.05) is 26.7 Å². The molecule has 0 spiro atoms. The summed E-state index contributed by atoms with van der Waals surface area (Å²) < 4.78 is 4.85. The van der Waals surface area contributed by atoms with E-state index in [1.165, 1.54) is 26.4 Å². The summed E-state index contributed by atoms with van der Waals surface area (Å²) in [6, 6.07) is 0. The lowest BCUT2D eigenvalue weighted by atomic mass is 9.77. The van der Waals surface area contributed by atoms with Crippen molar-refractivity contribution in [1.29, 1.82) is 0 Å². The second kappa shape index (κ2) is 5.38. The summed E-state index contributed by atoms with van der Waals surface area (Å²) in [7, 11) is 1.47. The highest BCUT2D eigenvalue weighted by Gasteiger charge is 2.34. The molecule has 0 amide bonds. The predicted octanol–water partition coefficient (Wildman–Crippen LogP) is 2.70. The first kappa shape index (κ1) is 14.5. The fourth-order valence-corrected chi connectivity index (χ4v) is 2.50. The van der Waals surface area contributed by atoms with Gasteiger partial charge in [0.2, 0.25) is 0 Å². The highest BCUT2D eigenvalue weighted by atomic mass is 16.5. The maximum Gasteiger partial charge on any atom is 0.312 e. The topological polar surface area (TPSA) is 29.5 Å². The number of methoxy groups -OCH3 is 1. The zero-order valence-corrected chi connectivity index (χ0v) is 12.0. The number of rotatable bonds is 4. The van der Waals surface area contributed by atoms with Crippen LogP contribution in [0, 0.1) is 10.8 Å². The minimum atomic E-state index is -0.394. The minimum Gasteiger partial charge on any atom is -0.469 e. The molecule has 0 unspecified atom stereocenters. The summed E-state index contributed by atoms with van der Waals surface area (Å²) in [5, 5.41) is 0. The third kappa shape index (κ3) is 3.70. The van der Waals surface area contributed by atoms with Gasteiger partial charge in [0.25, 0.3) is 0 Å². The number of hydrogen-bond acceptors (Lipinski definition) is 3. The third-order valence-electron chi connectivity index (χ3n) is 4.27. The smallest absolute Gasteiger partial charge is 0.312 e. The highest BCUT2D eigenvalue weighted by Crippen LogP contribution is 2.34. The van der Waals surface area contributed by atoms with Crippen LogP contribution in [0.25, 0.3) is 0 Å². The zero-order chi connectivity index (χ0) is 13.1. The molecule has 0 aromatic heterocycles. The first-order chi connectivity index (χ1) is 7.83. The molecule has 1 rings (SSSR count). The summed E-state index contributed by atoms with van der Waals surface area (Å²) in [6.45, 7) is 11.6. The van der Waals surface area contributed by atoms with Crippen LogP contribution in [0.1, 0.15) is 47.0 Å². The standard InChI is InChI=1S/C14H27NO2/c1-6-14(4)7-9-15(10-8-14)11-13(2,3)12(16)17-5/h6-11H2,1-5H3. The molecule has 1 aliphatic heterocycles.